The molecule has 150 valence electrons. The van der Waals surface area contributed by atoms with Crippen LogP contribution in [0.1, 0.15) is 25.3 Å². The van der Waals surface area contributed by atoms with Gasteiger partial charge in [0.15, 0.2) is 27.4 Å². The molecule has 27 heavy (non-hydrogen) atoms. The van der Waals surface area contributed by atoms with Crippen LogP contribution in [0.2, 0.25) is 0 Å². The Labute approximate surface area is 159 Å². The lowest BCUT2D eigenvalue weighted by molar-refractivity contribution is -0.155. The Bertz CT molecular complexity index is 791. The van der Waals surface area contributed by atoms with E-state index in [1.807, 2.05) is 6.07 Å². The molecular formula is C18H25NO7S. The van der Waals surface area contributed by atoms with Crippen molar-refractivity contribution in [3.63, 3.8) is 0 Å². The number of ether oxygens (including phenoxy) is 3. The Balaban J connectivity index is 1.80. The van der Waals surface area contributed by atoms with E-state index in [2.05, 4.69) is 5.32 Å². The Kier molecular flexibility index (Phi) is 7.06. The van der Waals surface area contributed by atoms with Crippen LogP contribution in [0, 0.1) is 0 Å². The van der Waals surface area contributed by atoms with E-state index >= 15 is 0 Å². The highest BCUT2D eigenvalue weighted by molar-refractivity contribution is 7.91. The lowest BCUT2D eigenvalue weighted by Crippen LogP contribution is -2.42. The molecule has 1 amide bonds. The van der Waals surface area contributed by atoms with Crippen molar-refractivity contribution in [1.82, 2.24) is 5.32 Å². The molecule has 1 saturated heterocycles. The molecule has 0 saturated carbocycles. The molecule has 1 aromatic carbocycles. The van der Waals surface area contributed by atoms with Crippen LogP contribution in [0.4, 0.5) is 0 Å². The number of rotatable bonds is 8. The summed E-state index contributed by atoms with van der Waals surface area (Å²) in [6.45, 7) is 1.47. The normalized spacial score (nSPS) is 19.1. The molecule has 1 fully saturated rings. The van der Waals surface area contributed by atoms with E-state index in [9.17, 15) is 18.0 Å². The van der Waals surface area contributed by atoms with Gasteiger partial charge in [0.2, 0.25) is 0 Å². The SMILES string of the molecule is COc1ccc(CCC(=O)O[C@H](C)C(=O)N[C@@H]2CCS(=O)(=O)C2)cc1OC. The van der Waals surface area contributed by atoms with Gasteiger partial charge in [-0.1, -0.05) is 6.07 Å². The second-order valence-corrected chi connectivity index (χ2v) is 8.66. The van der Waals surface area contributed by atoms with Crippen molar-refractivity contribution in [2.75, 3.05) is 25.7 Å². The summed E-state index contributed by atoms with van der Waals surface area (Å²) >= 11 is 0. The maximum Gasteiger partial charge on any atom is 0.306 e. The highest BCUT2D eigenvalue weighted by atomic mass is 32.2. The van der Waals surface area contributed by atoms with Crippen molar-refractivity contribution in [3.05, 3.63) is 23.8 Å². The maximum absolute atomic E-state index is 12.1. The molecule has 0 bridgehead atoms. The highest BCUT2D eigenvalue weighted by Crippen LogP contribution is 2.28. The number of sulfone groups is 1. The zero-order valence-electron chi connectivity index (χ0n) is 15.7. The first kappa shape index (κ1) is 21.0. The first-order valence-electron chi connectivity index (χ1n) is 8.65. The van der Waals surface area contributed by atoms with Gasteiger partial charge in [-0.3, -0.25) is 9.59 Å². The van der Waals surface area contributed by atoms with Crippen molar-refractivity contribution in [2.24, 2.45) is 0 Å². The molecule has 0 aliphatic carbocycles. The smallest absolute Gasteiger partial charge is 0.306 e. The standard InChI is InChI=1S/C18H25NO7S/c1-12(18(21)19-14-8-9-27(22,23)11-14)26-17(20)7-5-13-4-6-15(24-2)16(10-13)25-3/h4,6,10,12,14H,5,7-9,11H2,1-3H3,(H,19,21)/t12-,14-/m1/s1. The summed E-state index contributed by atoms with van der Waals surface area (Å²) in [4.78, 5) is 24.1. The first-order chi connectivity index (χ1) is 12.7. The van der Waals surface area contributed by atoms with Gasteiger partial charge in [0.05, 0.1) is 25.7 Å². The average molecular weight is 399 g/mol. The van der Waals surface area contributed by atoms with Crippen LogP contribution in [-0.4, -0.2) is 58.2 Å². The third kappa shape index (κ3) is 6.13. The Hall–Kier alpha value is -2.29. The quantitative estimate of drug-likeness (QED) is 0.646. The lowest BCUT2D eigenvalue weighted by atomic mass is 10.1. The largest absolute Gasteiger partial charge is 0.493 e. The Morgan fingerprint density at radius 1 is 1.22 bits per heavy atom. The van der Waals surface area contributed by atoms with Gasteiger partial charge in [-0.25, -0.2) is 8.42 Å². The minimum absolute atomic E-state index is 0.0669. The molecule has 1 aliphatic rings. The number of hydrogen-bond donors (Lipinski definition) is 1. The molecule has 0 radical (unpaired) electrons. The molecule has 1 aromatic rings. The van der Waals surface area contributed by atoms with E-state index in [4.69, 9.17) is 14.2 Å². The second kappa shape index (κ2) is 9.07. The zero-order chi connectivity index (χ0) is 20.0. The topological polar surface area (TPSA) is 108 Å². The summed E-state index contributed by atoms with van der Waals surface area (Å²) in [7, 11) is -0.00413. The first-order valence-corrected chi connectivity index (χ1v) is 10.5. The van der Waals surface area contributed by atoms with Crippen LogP contribution >= 0.6 is 0 Å². The van der Waals surface area contributed by atoms with Gasteiger partial charge in [0.25, 0.3) is 5.91 Å². The van der Waals surface area contributed by atoms with Crippen molar-refractivity contribution >= 4 is 21.7 Å². The minimum Gasteiger partial charge on any atom is -0.493 e. The number of methoxy groups -OCH3 is 2. The van der Waals surface area contributed by atoms with Crippen LogP contribution in [0.5, 0.6) is 11.5 Å². The van der Waals surface area contributed by atoms with Crippen molar-refractivity contribution in [1.29, 1.82) is 0 Å². The summed E-state index contributed by atoms with van der Waals surface area (Å²) in [5.41, 5.74) is 0.873. The summed E-state index contributed by atoms with van der Waals surface area (Å²) in [6.07, 6.45) is -0.0703. The van der Waals surface area contributed by atoms with Crippen molar-refractivity contribution in [3.8, 4) is 11.5 Å². The maximum atomic E-state index is 12.1. The van der Waals surface area contributed by atoms with Gasteiger partial charge in [0, 0.05) is 12.5 Å². The van der Waals surface area contributed by atoms with E-state index in [1.54, 1.807) is 19.2 Å². The van der Waals surface area contributed by atoms with E-state index in [1.165, 1.54) is 14.0 Å². The predicted octanol–water partition coefficient (Wildman–Crippen LogP) is 0.871. The summed E-state index contributed by atoms with van der Waals surface area (Å²) in [5.74, 6) is 0.171. The fourth-order valence-corrected chi connectivity index (χ4v) is 4.49. The van der Waals surface area contributed by atoms with Gasteiger partial charge in [0.1, 0.15) is 0 Å². The second-order valence-electron chi connectivity index (χ2n) is 6.43. The number of carbonyl (C=O) groups is 2. The number of amides is 1. The zero-order valence-corrected chi connectivity index (χ0v) is 16.5. The summed E-state index contributed by atoms with van der Waals surface area (Å²) in [5, 5.41) is 2.62. The van der Waals surface area contributed by atoms with Gasteiger partial charge in [-0.15, -0.1) is 0 Å². The summed E-state index contributed by atoms with van der Waals surface area (Å²) in [6, 6.07) is 4.94. The van der Waals surface area contributed by atoms with Crippen molar-refractivity contribution in [2.45, 2.75) is 38.3 Å². The van der Waals surface area contributed by atoms with Gasteiger partial charge in [-0.05, 0) is 37.5 Å². The monoisotopic (exact) mass is 399 g/mol. The number of esters is 1. The molecule has 8 nitrogen and oxygen atoms in total. The Morgan fingerprint density at radius 2 is 1.93 bits per heavy atom. The molecule has 0 aromatic heterocycles. The molecule has 1 heterocycles. The van der Waals surface area contributed by atoms with Crippen LogP contribution in [-0.2, 0) is 30.6 Å². The van der Waals surface area contributed by atoms with Crippen LogP contribution in [0.15, 0.2) is 18.2 Å². The highest BCUT2D eigenvalue weighted by Gasteiger charge is 2.30. The third-order valence-corrected chi connectivity index (χ3v) is 6.09. The van der Waals surface area contributed by atoms with E-state index in [0.29, 0.717) is 24.3 Å². The average Bonchev–Trinajstić information content (AvgIpc) is 2.97. The number of nitrogens with one attached hydrogen (secondary N) is 1. The van der Waals surface area contributed by atoms with E-state index < -0.39 is 33.9 Å². The number of hydrogen-bond acceptors (Lipinski definition) is 7. The van der Waals surface area contributed by atoms with E-state index in [0.717, 1.165) is 5.56 Å². The molecular weight excluding hydrogens is 374 g/mol. The van der Waals surface area contributed by atoms with Crippen LogP contribution in [0.25, 0.3) is 0 Å². The van der Waals surface area contributed by atoms with Gasteiger partial charge >= 0.3 is 5.97 Å². The number of aryl methyl sites for hydroxylation is 1. The van der Waals surface area contributed by atoms with Gasteiger partial charge in [-0.2, -0.15) is 0 Å². The Morgan fingerprint density at radius 3 is 2.52 bits per heavy atom. The molecule has 9 heteroatoms. The minimum atomic E-state index is -3.08. The predicted molar refractivity (Wildman–Crippen MR) is 98.6 cm³/mol. The van der Waals surface area contributed by atoms with Crippen LogP contribution < -0.4 is 14.8 Å². The lowest BCUT2D eigenvalue weighted by Gasteiger charge is -2.16. The fourth-order valence-electron chi connectivity index (χ4n) is 2.82. The molecule has 2 atom stereocenters. The number of carbonyl (C=O) groups excluding carboxylic acids is 2. The molecule has 1 aliphatic heterocycles. The van der Waals surface area contributed by atoms with Crippen LogP contribution in [0.3, 0.4) is 0 Å². The third-order valence-electron chi connectivity index (χ3n) is 4.32. The van der Waals surface area contributed by atoms with Crippen molar-refractivity contribution < 1.29 is 32.2 Å². The molecule has 1 N–H and O–H groups in total. The van der Waals surface area contributed by atoms with E-state index in [-0.39, 0.29) is 17.9 Å². The number of benzene rings is 1. The molecule has 2 rings (SSSR count). The fraction of sp³-hybridized carbons (Fsp3) is 0.556. The molecule has 0 spiro atoms. The molecule has 0 unspecified atom stereocenters. The summed E-state index contributed by atoms with van der Waals surface area (Å²) < 4.78 is 38.4. The van der Waals surface area contributed by atoms with Gasteiger partial charge < -0.3 is 19.5 Å².